The summed E-state index contributed by atoms with van der Waals surface area (Å²) in [6.45, 7) is 3.04. The first-order chi connectivity index (χ1) is 10.7. The summed E-state index contributed by atoms with van der Waals surface area (Å²) in [4.78, 5) is 12.0. The number of aromatic nitrogens is 2. The number of nitrogens with one attached hydrogen (secondary N) is 2. The van der Waals surface area contributed by atoms with Gasteiger partial charge in [0.25, 0.3) is 5.91 Å². The molecule has 2 rings (SSSR count). The predicted octanol–water partition coefficient (Wildman–Crippen LogP) is 3.98. The smallest absolute Gasteiger partial charge is 0.256 e. The van der Waals surface area contributed by atoms with Crippen molar-refractivity contribution < 1.29 is 4.79 Å². The van der Waals surface area contributed by atoms with Gasteiger partial charge in [0.15, 0.2) is 5.82 Å². The van der Waals surface area contributed by atoms with Crippen LogP contribution in [0.3, 0.4) is 0 Å². The van der Waals surface area contributed by atoms with Crippen molar-refractivity contribution in [2.45, 2.75) is 26.2 Å². The van der Waals surface area contributed by atoms with Crippen molar-refractivity contribution in [2.24, 2.45) is 0 Å². The lowest BCUT2D eigenvalue weighted by molar-refractivity contribution is 0.102. The van der Waals surface area contributed by atoms with Gasteiger partial charge in [-0.2, -0.15) is 0 Å². The summed E-state index contributed by atoms with van der Waals surface area (Å²) in [5.41, 5.74) is 0.482. The molecule has 116 valence electrons. The van der Waals surface area contributed by atoms with Crippen LogP contribution in [0.4, 0.5) is 11.6 Å². The van der Waals surface area contributed by atoms with E-state index in [0.29, 0.717) is 22.2 Å². The second-order valence-corrected chi connectivity index (χ2v) is 5.34. The fraction of sp³-hybridized carbons (Fsp3) is 0.312. The van der Waals surface area contributed by atoms with Crippen molar-refractivity contribution >= 4 is 29.1 Å². The fourth-order valence-electron chi connectivity index (χ4n) is 1.90. The number of anilines is 2. The molecule has 1 aromatic heterocycles. The van der Waals surface area contributed by atoms with Gasteiger partial charge in [0, 0.05) is 17.1 Å². The number of nitrogens with zero attached hydrogens (tertiary/aromatic N) is 2. The molecule has 1 amide bonds. The molecular formula is C16H19ClN4O. The maximum absolute atomic E-state index is 12.0. The lowest BCUT2D eigenvalue weighted by Crippen LogP contribution is -2.13. The van der Waals surface area contributed by atoms with E-state index in [4.69, 9.17) is 11.6 Å². The zero-order chi connectivity index (χ0) is 15.8. The minimum atomic E-state index is -0.263. The number of halogens is 1. The number of hydrogen-bond donors (Lipinski definition) is 2. The van der Waals surface area contributed by atoms with Gasteiger partial charge < -0.3 is 10.6 Å². The molecule has 0 saturated heterocycles. The average Bonchev–Trinajstić information content (AvgIpc) is 2.53. The van der Waals surface area contributed by atoms with E-state index in [1.165, 1.54) is 12.8 Å². The molecule has 0 aliphatic rings. The molecule has 0 bridgehead atoms. The van der Waals surface area contributed by atoms with Gasteiger partial charge in [-0.15, -0.1) is 10.2 Å². The fourth-order valence-corrected chi connectivity index (χ4v) is 2.09. The molecule has 0 unspecified atom stereocenters. The van der Waals surface area contributed by atoms with E-state index in [1.807, 2.05) is 0 Å². The van der Waals surface area contributed by atoms with Gasteiger partial charge in [-0.05, 0) is 36.8 Å². The number of amides is 1. The van der Waals surface area contributed by atoms with E-state index in [2.05, 4.69) is 27.8 Å². The highest BCUT2D eigenvalue weighted by molar-refractivity contribution is 6.31. The van der Waals surface area contributed by atoms with Gasteiger partial charge in [0.1, 0.15) is 5.82 Å². The third kappa shape index (κ3) is 5.00. The molecule has 22 heavy (non-hydrogen) atoms. The number of carbonyl (C=O) groups is 1. The van der Waals surface area contributed by atoms with Crippen LogP contribution in [-0.4, -0.2) is 22.6 Å². The summed E-state index contributed by atoms with van der Waals surface area (Å²) >= 11 is 5.87. The van der Waals surface area contributed by atoms with Gasteiger partial charge in [0.05, 0.1) is 0 Å². The first kappa shape index (κ1) is 16.2. The number of hydrogen-bond acceptors (Lipinski definition) is 4. The van der Waals surface area contributed by atoms with Gasteiger partial charge in [-0.3, -0.25) is 4.79 Å². The molecule has 0 radical (unpaired) electrons. The molecule has 0 fully saturated rings. The Morgan fingerprint density at radius 2 is 1.91 bits per heavy atom. The van der Waals surface area contributed by atoms with Crippen molar-refractivity contribution in [1.82, 2.24) is 10.2 Å². The van der Waals surface area contributed by atoms with E-state index in [0.717, 1.165) is 13.0 Å². The topological polar surface area (TPSA) is 66.9 Å². The zero-order valence-electron chi connectivity index (χ0n) is 12.5. The molecule has 5 nitrogen and oxygen atoms in total. The summed E-state index contributed by atoms with van der Waals surface area (Å²) in [5.74, 6) is 0.849. The highest BCUT2D eigenvalue weighted by Gasteiger charge is 2.07. The van der Waals surface area contributed by atoms with Crippen molar-refractivity contribution in [3.63, 3.8) is 0 Å². The predicted molar refractivity (Wildman–Crippen MR) is 89.5 cm³/mol. The standard InChI is InChI=1S/C16H19ClN4O/c1-2-3-4-10-18-14-8-9-15(21-20-14)19-16(22)12-6-5-7-13(17)11-12/h5-9,11H,2-4,10H2,1H3,(H,18,20)(H,19,21,22). The summed E-state index contributed by atoms with van der Waals surface area (Å²) < 4.78 is 0. The Morgan fingerprint density at radius 1 is 1.14 bits per heavy atom. The maximum Gasteiger partial charge on any atom is 0.256 e. The van der Waals surface area contributed by atoms with Crippen LogP contribution in [-0.2, 0) is 0 Å². The average molecular weight is 319 g/mol. The molecule has 0 saturated carbocycles. The Morgan fingerprint density at radius 3 is 2.59 bits per heavy atom. The molecule has 0 aliphatic carbocycles. The van der Waals surface area contributed by atoms with Crippen LogP contribution in [0.25, 0.3) is 0 Å². The Hall–Kier alpha value is -2.14. The van der Waals surface area contributed by atoms with E-state index >= 15 is 0 Å². The van der Waals surface area contributed by atoms with Crippen LogP contribution in [0, 0.1) is 0 Å². The van der Waals surface area contributed by atoms with Crippen LogP contribution in [0.1, 0.15) is 36.5 Å². The second kappa shape index (κ2) is 8.34. The Bertz CT molecular complexity index is 616. The zero-order valence-corrected chi connectivity index (χ0v) is 13.2. The van der Waals surface area contributed by atoms with Crippen molar-refractivity contribution in [3.05, 3.63) is 47.0 Å². The Balaban J connectivity index is 1.89. The lowest BCUT2D eigenvalue weighted by Gasteiger charge is -2.06. The third-order valence-corrected chi connectivity index (χ3v) is 3.31. The Kier molecular flexibility index (Phi) is 6.15. The van der Waals surface area contributed by atoms with E-state index in [9.17, 15) is 4.79 Å². The van der Waals surface area contributed by atoms with Crippen LogP contribution >= 0.6 is 11.6 Å². The van der Waals surface area contributed by atoms with Crippen LogP contribution in [0.15, 0.2) is 36.4 Å². The van der Waals surface area contributed by atoms with E-state index in [1.54, 1.807) is 36.4 Å². The molecule has 0 spiro atoms. The number of unbranched alkanes of at least 4 members (excludes halogenated alkanes) is 2. The first-order valence-electron chi connectivity index (χ1n) is 7.33. The molecule has 1 heterocycles. The SMILES string of the molecule is CCCCCNc1ccc(NC(=O)c2cccc(Cl)c2)nn1. The summed E-state index contributed by atoms with van der Waals surface area (Å²) in [6, 6.07) is 10.3. The van der Waals surface area contributed by atoms with Gasteiger partial charge in [-0.25, -0.2) is 0 Å². The molecule has 2 N–H and O–H groups in total. The van der Waals surface area contributed by atoms with Crippen molar-refractivity contribution in [2.75, 3.05) is 17.2 Å². The van der Waals surface area contributed by atoms with Crippen LogP contribution in [0.2, 0.25) is 5.02 Å². The van der Waals surface area contributed by atoms with Gasteiger partial charge in [0.2, 0.25) is 0 Å². The van der Waals surface area contributed by atoms with Crippen LogP contribution < -0.4 is 10.6 Å². The summed E-state index contributed by atoms with van der Waals surface area (Å²) in [5, 5.41) is 14.4. The molecule has 1 aromatic carbocycles. The minimum absolute atomic E-state index is 0.263. The maximum atomic E-state index is 12.0. The molecule has 0 aliphatic heterocycles. The minimum Gasteiger partial charge on any atom is -0.369 e. The molecule has 6 heteroatoms. The van der Waals surface area contributed by atoms with E-state index in [-0.39, 0.29) is 5.91 Å². The monoisotopic (exact) mass is 318 g/mol. The highest BCUT2D eigenvalue weighted by atomic mass is 35.5. The number of carbonyl (C=O) groups excluding carboxylic acids is 1. The first-order valence-corrected chi connectivity index (χ1v) is 7.71. The number of rotatable bonds is 7. The summed E-state index contributed by atoms with van der Waals surface area (Å²) in [7, 11) is 0. The van der Waals surface area contributed by atoms with Gasteiger partial charge in [-0.1, -0.05) is 37.4 Å². The molecular weight excluding hydrogens is 300 g/mol. The highest BCUT2D eigenvalue weighted by Crippen LogP contribution is 2.13. The summed E-state index contributed by atoms with van der Waals surface area (Å²) in [6.07, 6.45) is 3.47. The van der Waals surface area contributed by atoms with Crippen LogP contribution in [0.5, 0.6) is 0 Å². The quantitative estimate of drug-likeness (QED) is 0.758. The van der Waals surface area contributed by atoms with Gasteiger partial charge >= 0.3 is 0 Å². The molecule has 2 aromatic rings. The lowest BCUT2D eigenvalue weighted by atomic mass is 10.2. The normalized spacial score (nSPS) is 10.3. The Labute approximate surface area is 135 Å². The second-order valence-electron chi connectivity index (χ2n) is 4.90. The van der Waals surface area contributed by atoms with Crippen molar-refractivity contribution in [1.29, 1.82) is 0 Å². The number of benzene rings is 1. The van der Waals surface area contributed by atoms with E-state index < -0.39 is 0 Å². The molecule has 0 atom stereocenters. The largest absolute Gasteiger partial charge is 0.369 e. The van der Waals surface area contributed by atoms with Crippen molar-refractivity contribution in [3.8, 4) is 0 Å². The third-order valence-electron chi connectivity index (χ3n) is 3.08.